The molecular weight excluding hydrogens is 246 g/mol. The predicted molar refractivity (Wildman–Crippen MR) is 71.1 cm³/mol. The van der Waals surface area contributed by atoms with Crippen LogP contribution < -0.4 is 5.32 Å². The molecule has 1 aromatic rings. The van der Waals surface area contributed by atoms with Gasteiger partial charge in [0.25, 0.3) is 5.91 Å². The molecule has 1 saturated heterocycles. The average molecular weight is 265 g/mol. The molecule has 1 amide bonds. The third kappa shape index (κ3) is 3.02. The lowest BCUT2D eigenvalue weighted by atomic mass is 10.1. The highest BCUT2D eigenvalue weighted by Crippen LogP contribution is 2.15. The number of anilines is 1. The molecule has 1 aliphatic heterocycles. The summed E-state index contributed by atoms with van der Waals surface area (Å²) in [5, 5.41) is 12.1. The summed E-state index contributed by atoms with van der Waals surface area (Å²) in [5.41, 5.74) is 0.400. The molecule has 0 bridgehead atoms. The number of aromatic nitrogens is 1. The molecule has 0 spiro atoms. The van der Waals surface area contributed by atoms with Gasteiger partial charge in [-0.15, -0.1) is 0 Å². The number of morpholine rings is 1. The summed E-state index contributed by atoms with van der Waals surface area (Å²) in [6.07, 6.45) is -0.312. The van der Waals surface area contributed by atoms with Gasteiger partial charge in [0, 0.05) is 13.6 Å². The standard InChI is InChI=1S/C13H19N3O3/c1-9-8-19-10(7-17)6-16(9)13(18)11-4-3-5-12(14-2)15-11/h3-5,9-10,17H,6-8H2,1-2H3,(H,14,15). The topological polar surface area (TPSA) is 74.7 Å². The zero-order valence-electron chi connectivity index (χ0n) is 11.2. The molecule has 0 radical (unpaired) electrons. The van der Waals surface area contributed by atoms with Gasteiger partial charge in [0.1, 0.15) is 11.5 Å². The molecule has 2 N–H and O–H groups in total. The zero-order valence-corrected chi connectivity index (χ0v) is 11.2. The Morgan fingerprint density at radius 2 is 2.42 bits per heavy atom. The number of nitrogens with one attached hydrogen (secondary N) is 1. The molecule has 0 saturated carbocycles. The van der Waals surface area contributed by atoms with E-state index in [0.29, 0.717) is 24.7 Å². The largest absolute Gasteiger partial charge is 0.394 e. The van der Waals surface area contributed by atoms with E-state index in [1.54, 1.807) is 30.1 Å². The second kappa shape index (κ2) is 5.99. The summed E-state index contributed by atoms with van der Waals surface area (Å²) in [6, 6.07) is 5.27. The number of pyridine rings is 1. The molecule has 2 atom stereocenters. The minimum Gasteiger partial charge on any atom is -0.394 e. The smallest absolute Gasteiger partial charge is 0.272 e. The molecule has 6 nitrogen and oxygen atoms in total. The Bertz CT molecular complexity index is 453. The molecule has 6 heteroatoms. The number of hydrogen-bond acceptors (Lipinski definition) is 5. The van der Waals surface area contributed by atoms with E-state index < -0.39 is 0 Å². The maximum absolute atomic E-state index is 12.4. The van der Waals surface area contributed by atoms with Gasteiger partial charge in [0.15, 0.2) is 0 Å². The van der Waals surface area contributed by atoms with E-state index >= 15 is 0 Å². The van der Waals surface area contributed by atoms with Crippen molar-refractivity contribution in [3.63, 3.8) is 0 Å². The van der Waals surface area contributed by atoms with Crippen LogP contribution in [0.25, 0.3) is 0 Å². The monoisotopic (exact) mass is 265 g/mol. The van der Waals surface area contributed by atoms with E-state index in [-0.39, 0.29) is 24.7 Å². The van der Waals surface area contributed by atoms with E-state index in [9.17, 15) is 4.79 Å². The van der Waals surface area contributed by atoms with E-state index in [0.717, 1.165) is 0 Å². The van der Waals surface area contributed by atoms with Crippen LogP contribution in [0.15, 0.2) is 18.2 Å². The highest BCUT2D eigenvalue weighted by molar-refractivity contribution is 5.93. The number of carbonyl (C=O) groups is 1. The molecule has 2 rings (SSSR count). The second-order valence-corrected chi connectivity index (χ2v) is 4.60. The zero-order chi connectivity index (χ0) is 13.8. The Labute approximate surface area is 112 Å². The molecule has 2 unspecified atom stereocenters. The van der Waals surface area contributed by atoms with Gasteiger partial charge < -0.3 is 20.1 Å². The predicted octanol–water partition coefficient (Wildman–Crippen LogP) is 0.345. The highest BCUT2D eigenvalue weighted by Gasteiger charge is 2.30. The number of amides is 1. The van der Waals surface area contributed by atoms with Crippen LogP contribution in [-0.4, -0.2) is 59.8 Å². The van der Waals surface area contributed by atoms with Crippen LogP contribution in [-0.2, 0) is 4.74 Å². The van der Waals surface area contributed by atoms with Gasteiger partial charge >= 0.3 is 0 Å². The summed E-state index contributed by atoms with van der Waals surface area (Å²) in [6.45, 7) is 2.67. The first-order chi connectivity index (χ1) is 9.15. The minimum absolute atomic E-state index is 0.0182. The maximum Gasteiger partial charge on any atom is 0.272 e. The molecule has 2 heterocycles. The second-order valence-electron chi connectivity index (χ2n) is 4.60. The van der Waals surface area contributed by atoms with Crippen LogP contribution >= 0.6 is 0 Å². The van der Waals surface area contributed by atoms with Crippen molar-refractivity contribution in [2.24, 2.45) is 0 Å². The van der Waals surface area contributed by atoms with Crippen molar-refractivity contribution in [2.45, 2.75) is 19.1 Å². The lowest BCUT2D eigenvalue weighted by Crippen LogP contribution is -2.52. The van der Waals surface area contributed by atoms with E-state index in [1.807, 2.05) is 6.92 Å². The van der Waals surface area contributed by atoms with Crippen molar-refractivity contribution in [1.29, 1.82) is 0 Å². The molecular formula is C13H19N3O3. The van der Waals surface area contributed by atoms with E-state index in [1.165, 1.54) is 0 Å². The van der Waals surface area contributed by atoms with Crippen LogP contribution in [0.3, 0.4) is 0 Å². The Kier molecular flexibility index (Phi) is 4.34. The summed E-state index contributed by atoms with van der Waals surface area (Å²) < 4.78 is 5.42. The Morgan fingerprint density at radius 3 is 3.11 bits per heavy atom. The van der Waals surface area contributed by atoms with Crippen LogP contribution in [0.1, 0.15) is 17.4 Å². The average Bonchev–Trinajstić information content (AvgIpc) is 2.47. The molecule has 1 aliphatic rings. The third-order valence-electron chi connectivity index (χ3n) is 3.19. The summed E-state index contributed by atoms with van der Waals surface area (Å²) in [7, 11) is 1.76. The Morgan fingerprint density at radius 1 is 1.63 bits per heavy atom. The third-order valence-corrected chi connectivity index (χ3v) is 3.19. The number of ether oxygens (including phenoxy) is 1. The van der Waals surface area contributed by atoms with Crippen molar-refractivity contribution < 1.29 is 14.6 Å². The van der Waals surface area contributed by atoms with Crippen molar-refractivity contribution in [3.8, 4) is 0 Å². The first-order valence-corrected chi connectivity index (χ1v) is 6.34. The summed E-state index contributed by atoms with van der Waals surface area (Å²) in [4.78, 5) is 18.4. The minimum atomic E-state index is -0.312. The van der Waals surface area contributed by atoms with Crippen LogP contribution in [0, 0.1) is 0 Å². The highest BCUT2D eigenvalue weighted by atomic mass is 16.5. The summed E-state index contributed by atoms with van der Waals surface area (Å²) in [5.74, 6) is 0.525. The number of aliphatic hydroxyl groups is 1. The van der Waals surface area contributed by atoms with Crippen LogP contribution in [0.2, 0.25) is 0 Å². The van der Waals surface area contributed by atoms with E-state index in [2.05, 4.69) is 10.3 Å². The Balaban J connectivity index is 2.16. The van der Waals surface area contributed by atoms with Gasteiger partial charge in [-0.3, -0.25) is 4.79 Å². The lowest BCUT2D eigenvalue weighted by Gasteiger charge is -2.37. The van der Waals surface area contributed by atoms with Gasteiger partial charge in [-0.1, -0.05) is 6.07 Å². The first-order valence-electron chi connectivity index (χ1n) is 6.34. The molecule has 0 aliphatic carbocycles. The van der Waals surface area contributed by atoms with Crippen molar-refractivity contribution >= 4 is 11.7 Å². The van der Waals surface area contributed by atoms with Gasteiger partial charge in [-0.05, 0) is 19.1 Å². The quantitative estimate of drug-likeness (QED) is 0.824. The SMILES string of the molecule is CNc1cccc(C(=O)N2CC(CO)OCC2C)n1. The van der Waals surface area contributed by atoms with Gasteiger partial charge in [0.05, 0.1) is 25.4 Å². The fourth-order valence-corrected chi connectivity index (χ4v) is 2.05. The fourth-order valence-electron chi connectivity index (χ4n) is 2.05. The molecule has 104 valence electrons. The Hall–Kier alpha value is -1.66. The number of hydrogen-bond donors (Lipinski definition) is 2. The van der Waals surface area contributed by atoms with Crippen molar-refractivity contribution in [3.05, 3.63) is 23.9 Å². The van der Waals surface area contributed by atoms with Gasteiger partial charge in [0.2, 0.25) is 0 Å². The molecule has 19 heavy (non-hydrogen) atoms. The normalized spacial score (nSPS) is 23.2. The number of rotatable bonds is 3. The molecule has 0 aromatic carbocycles. The lowest BCUT2D eigenvalue weighted by molar-refractivity contribution is -0.0668. The molecule has 1 fully saturated rings. The first kappa shape index (κ1) is 13.8. The van der Waals surface area contributed by atoms with Crippen molar-refractivity contribution in [2.75, 3.05) is 32.1 Å². The van der Waals surface area contributed by atoms with Gasteiger partial charge in [-0.2, -0.15) is 0 Å². The number of aliphatic hydroxyl groups excluding tert-OH is 1. The molecule has 1 aromatic heterocycles. The van der Waals surface area contributed by atoms with Crippen molar-refractivity contribution in [1.82, 2.24) is 9.88 Å². The van der Waals surface area contributed by atoms with E-state index in [4.69, 9.17) is 9.84 Å². The summed E-state index contributed by atoms with van der Waals surface area (Å²) >= 11 is 0. The maximum atomic E-state index is 12.4. The van der Waals surface area contributed by atoms with Gasteiger partial charge in [-0.25, -0.2) is 4.98 Å². The number of carbonyl (C=O) groups excluding carboxylic acids is 1. The van der Waals surface area contributed by atoms with Crippen LogP contribution in [0.4, 0.5) is 5.82 Å². The number of nitrogens with zero attached hydrogens (tertiary/aromatic N) is 2. The fraction of sp³-hybridized carbons (Fsp3) is 0.538. The van der Waals surface area contributed by atoms with Crippen LogP contribution in [0.5, 0.6) is 0 Å².